The number of hydrogen-bond donors (Lipinski definition) is 0. The topological polar surface area (TPSA) is 65.2 Å². The van der Waals surface area contributed by atoms with Gasteiger partial charge in [-0.25, -0.2) is 8.78 Å². The molecule has 1 aromatic carbocycles. The number of ketones is 1. The Labute approximate surface area is 127 Å². The number of nitrogens with zero attached hydrogens (tertiary/aromatic N) is 2. The van der Waals surface area contributed by atoms with E-state index >= 15 is 0 Å². The molecule has 0 aliphatic carbocycles. The van der Waals surface area contributed by atoms with Gasteiger partial charge in [0, 0.05) is 23.5 Å². The number of carbonyl (C=O) groups excluding carboxylic acids is 1. The average Bonchev–Trinajstić information content (AvgIpc) is 3.14. The molecule has 3 rings (SSSR count). The summed E-state index contributed by atoms with van der Waals surface area (Å²) in [7, 11) is 0. The van der Waals surface area contributed by atoms with Gasteiger partial charge < -0.3 is 9.26 Å². The first kappa shape index (κ1) is 15.4. The molecule has 0 saturated carbocycles. The van der Waals surface area contributed by atoms with Crippen molar-refractivity contribution in [3.63, 3.8) is 0 Å². The summed E-state index contributed by atoms with van der Waals surface area (Å²) in [6, 6.07) is 4.62. The SMILES string of the molecule is O=C(C[C@@H]1COc2cc(-c3noc(C(F)F)n3)ccc21)C(F)F. The zero-order chi connectivity index (χ0) is 16.6. The molecule has 2 heterocycles. The van der Waals surface area contributed by atoms with Crippen LogP contribution in [-0.4, -0.2) is 29.0 Å². The third-order valence-electron chi connectivity index (χ3n) is 3.47. The zero-order valence-electron chi connectivity index (χ0n) is 11.5. The Morgan fingerprint density at radius 1 is 1.30 bits per heavy atom. The molecule has 0 bridgehead atoms. The van der Waals surface area contributed by atoms with E-state index in [0.717, 1.165) is 0 Å². The van der Waals surface area contributed by atoms with Gasteiger partial charge in [0.15, 0.2) is 5.78 Å². The quantitative estimate of drug-likeness (QED) is 0.787. The van der Waals surface area contributed by atoms with Gasteiger partial charge in [0.05, 0.1) is 6.61 Å². The fourth-order valence-corrected chi connectivity index (χ4v) is 2.36. The van der Waals surface area contributed by atoms with Crippen LogP contribution in [0.5, 0.6) is 5.75 Å². The van der Waals surface area contributed by atoms with Crippen LogP contribution in [0.3, 0.4) is 0 Å². The molecule has 9 heteroatoms. The summed E-state index contributed by atoms with van der Waals surface area (Å²) in [6.45, 7) is 0.103. The molecule has 1 aromatic heterocycles. The summed E-state index contributed by atoms with van der Waals surface area (Å²) in [5.41, 5.74) is 1.00. The van der Waals surface area contributed by atoms with E-state index in [1.165, 1.54) is 12.1 Å². The highest BCUT2D eigenvalue weighted by atomic mass is 19.3. The van der Waals surface area contributed by atoms with Crippen molar-refractivity contribution >= 4 is 5.78 Å². The maximum absolute atomic E-state index is 12.4. The average molecular weight is 330 g/mol. The van der Waals surface area contributed by atoms with Gasteiger partial charge in [-0.15, -0.1) is 0 Å². The minimum atomic E-state index is -3.01. The van der Waals surface area contributed by atoms with Crippen LogP contribution < -0.4 is 4.74 Å². The molecule has 2 aromatic rings. The van der Waals surface area contributed by atoms with E-state index in [1.54, 1.807) is 6.07 Å². The smallest absolute Gasteiger partial charge is 0.315 e. The highest BCUT2D eigenvalue weighted by Gasteiger charge is 2.30. The zero-order valence-corrected chi connectivity index (χ0v) is 11.5. The maximum Gasteiger partial charge on any atom is 0.315 e. The summed E-state index contributed by atoms with van der Waals surface area (Å²) in [5, 5.41) is 3.45. The number of rotatable bonds is 5. The third kappa shape index (κ3) is 3.03. The molecule has 23 heavy (non-hydrogen) atoms. The summed E-state index contributed by atoms with van der Waals surface area (Å²) in [4.78, 5) is 14.7. The highest BCUT2D eigenvalue weighted by Crippen LogP contribution is 2.38. The largest absolute Gasteiger partial charge is 0.493 e. The van der Waals surface area contributed by atoms with Gasteiger partial charge in [-0.2, -0.15) is 13.8 Å². The fraction of sp³-hybridized carbons (Fsp3) is 0.357. The number of fused-ring (bicyclic) bond motifs is 1. The van der Waals surface area contributed by atoms with E-state index in [0.29, 0.717) is 16.9 Å². The molecule has 0 radical (unpaired) electrons. The van der Waals surface area contributed by atoms with Crippen molar-refractivity contribution in [2.24, 2.45) is 0 Å². The number of ether oxygens (including phenoxy) is 1. The number of aromatic nitrogens is 2. The number of carbonyl (C=O) groups is 1. The number of alkyl halides is 4. The highest BCUT2D eigenvalue weighted by molar-refractivity contribution is 5.82. The fourth-order valence-electron chi connectivity index (χ4n) is 2.36. The lowest BCUT2D eigenvalue weighted by molar-refractivity contribution is -0.129. The summed E-state index contributed by atoms with van der Waals surface area (Å²) >= 11 is 0. The lowest BCUT2D eigenvalue weighted by Crippen LogP contribution is -2.15. The van der Waals surface area contributed by atoms with Crippen molar-refractivity contribution in [3.05, 3.63) is 29.7 Å². The van der Waals surface area contributed by atoms with E-state index in [2.05, 4.69) is 14.7 Å². The third-order valence-corrected chi connectivity index (χ3v) is 3.47. The normalized spacial score (nSPS) is 16.7. The number of Topliss-reactive ketones (excluding diaryl/α,β-unsaturated/α-hetero) is 1. The van der Waals surface area contributed by atoms with Gasteiger partial charge in [0.1, 0.15) is 5.75 Å². The Bertz CT molecular complexity index is 733. The van der Waals surface area contributed by atoms with Gasteiger partial charge in [-0.3, -0.25) is 4.79 Å². The Morgan fingerprint density at radius 2 is 2.09 bits per heavy atom. The first-order valence-corrected chi connectivity index (χ1v) is 6.65. The van der Waals surface area contributed by atoms with Crippen molar-refractivity contribution in [1.82, 2.24) is 10.1 Å². The molecule has 0 saturated heterocycles. The van der Waals surface area contributed by atoms with Crippen LogP contribution >= 0.6 is 0 Å². The first-order chi connectivity index (χ1) is 11.0. The van der Waals surface area contributed by atoms with Crippen molar-refractivity contribution in [2.75, 3.05) is 6.61 Å². The molecule has 5 nitrogen and oxygen atoms in total. The second-order valence-electron chi connectivity index (χ2n) is 4.99. The van der Waals surface area contributed by atoms with Crippen molar-refractivity contribution < 1.29 is 31.6 Å². The van der Waals surface area contributed by atoms with E-state index < -0.39 is 30.4 Å². The van der Waals surface area contributed by atoms with Crippen molar-refractivity contribution in [1.29, 1.82) is 0 Å². The van der Waals surface area contributed by atoms with Crippen LogP contribution in [0.4, 0.5) is 17.6 Å². The predicted molar refractivity (Wildman–Crippen MR) is 68.6 cm³/mol. The van der Waals surface area contributed by atoms with E-state index in [9.17, 15) is 22.4 Å². The molecule has 0 amide bonds. The van der Waals surface area contributed by atoms with Gasteiger partial charge >= 0.3 is 6.43 Å². The molecule has 0 N–H and O–H groups in total. The van der Waals surface area contributed by atoms with Gasteiger partial charge in [0.25, 0.3) is 12.3 Å². The molecule has 122 valence electrons. The van der Waals surface area contributed by atoms with E-state index in [-0.39, 0.29) is 18.9 Å². The molecule has 0 unspecified atom stereocenters. The van der Waals surface area contributed by atoms with Gasteiger partial charge in [-0.1, -0.05) is 17.3 Å². The number of benzene rings is 1. The minimum Gasteiger partial charge on any atom is -0.493 e. The standard InChI is InChI=1S/C14H10F4N2O3/c15-11(16)9(21)3-7-5-22-10-4-6(1-2-8(7)10)13-19-14(12(17)18)23-20-13/h1-2,4,7,11-12H,3,5H2/t7-/m1/s1. The number of hydrogen-bond acceptors (Lipinski definition) is 5. The summed E-state index contributed by atoms with van der Waals surface area (Å²) < 4.78 is 59.3. The second-order valence-corrected chi connectivity index (χ2v) is 4.99. The van der Waals surface area contributed by atoms with Crippen LogP contribution in [0.2, 0.25) is 0 Å². The Balaban J connectivity index is 1.82. The van der Waals surface area contributed by atoms with Crippen molar-refractivity contribution in [3.8, 4) is 17.1 Å². The summed E-state index contributed by atoms with van der Waals surface area (Å²) in [5.74, 6) is -2.03. The molecule has 1 aliphatic rings. The van der Waals surface area contributed by atoms with E-state index in [1.807, 2.05) is 0 Å². The lowest BCUT2D eigenvalue weighted by Gasteiger charge is -2.07. The van der Waals surface area contributed by atoms with Crippen LogP contribution in [0.15, 0.2) is 22.7 Å². The summed E-state index contributed by atoms with van der Waals surface area (Å²) in [6.07, 6.45) is -6.20. The molecule has 1 aliphatic heterocycles. The lowest BCUT2D eigenvalue weighted by atomic mass is 9.95. The monoisotopic (exact) mass is 330 g/mol. The molecule has 1 atom stereocenters. The Kier molecular flexibility index (Phi) is 4.01. The minimum absolute atomic E-state index is 0.0289. The molecule has 0 spiro atoms. The molecule has 0 fully saturated rings. The Hall–Kier alpha value is -2.45. The van der Waals surface area contributed by atoms with Gasteiger partial charge in [0.2, 0.25) is 5.82 Å². The van der Waals surface area contributed by atoms with Crippen LogP contribution in [0, 0.1) is 0 Å². The Morgan fingerprint density at radius 3 is 2.74 bits per heavy atom. The van der Waals surface area contributed by atoms with Gasteiger partial charge in [-0.05, 0) is 6.07 Å². The van der Waals surface area contributed by atoms with Crippen LogP contribution in [0.25, 0.3) is 11.4 Å². The maximum atomic E-state index is 12.4. The van der Waals surface area contributed by atoms with Crippen LogP contribution in [-0.2, 0) is 4.79 Å². The van der Waals surface area contributed by atoms with Crippen LogP contribution in [0.1, 0.15) is 30.2 Å². The predicted octanol–water partition coefficient (Wildman–Crippen LogP) is 3.37. The van der Waals surface area contributed by atoms with Crippen molar-refractivity contribution in [2.45, 2.75) is 25.2 Å². The number of halogens is 4. The first-order valence-electron chi connectivity index (χ1n) is 6.65. The second kappa shape index (κ2) is 5.98. The van der Waals surface area contributed by atoms with E-state index in [4.69, 9.17) is 4.74 Å². The molecular formula is C14H10F4N2O3. The molecular weight excluding hydrogens is 320 g/mol.